The molecule has 5 heterocycles. The second-order valence-corrected chi connectivity index (χ2v) is 9.44. The second-order valence-electron chi connectivity index (χ2n) is 9.08. The first-order chi connectivity index (χ1) is 15.0. The van der Waals surface area contributed by atoms with Crippen LogP contribution in [0.2, 0.25) is 5.15 Å². The molecule has 1 saturated carbocycles. The van der Waals surface area contributed by atoms with Crippen molar-refractivity contribution in [2.75, 3.05) is 37.7 Å². The zero-order valence-electron chi connectivity index (χ0n) is 17.1. The van der Waals surface area contributed by atoms with Gasteiger partial charge in [-0.05, 0) is 32.2 Å². The van der Waals surface area contributed by atoms with Crippen molar-refractivity contribution in [3.63, 3.8) is 0 Å². The summed E-state index contributed by atoms with van der Waals surface area (Å²) in [5.74, 6) is -0.0898. The van der Waals surface area contributed by atoms with Crippen LogP contribution in [0.15, 0.2) is 6.20 Å². The molecule has 0 radical (unpaired) electrons. The molecule has 0 amide bonds. The Morgan fingerprint density at radius 3 is 3.10 bits per heavy atom. The van der Waals surface area contributed by atoms with E-state index >= 15 is 0 Å². The number of hydrogen-bond acceptors (Lipinski definition) is 7. The van der Waals surface area contributed by atoms with Gasteiger partial charge in [0.1, 0.15) is 24.1 Å². The first kappa shape index (κ1) is 19.8. The van der Waals surface area contributed by atoms with E-state index in [9.17, 15) is 8.78 Å². The van der Waals surface area contributed by atoms with Gasteiger partial charge in [-0.3, -0.25) is 4.90 Å². The highest BCUT2D eigenvalue weighted by molar-refractivity contribution is 6.30. The Morgan fingerprint density at radius 1 is 1.29 bits per heavy atom. The average molecular weight is 452 g/mol. The molecule has 0 bridgehead atoms. The first-order valence-electron chi connectivity index (χ1n) is 11.0. The lowest BCUT2D eigenvalue weighted by Gasteiger charge is -2.31. The minimum absolute atomic E-state index is 0.0922. The summed E-state index contributed by atoms with van der Waals surface area (Å²) in [4.78, 5) is 17.3. The minimum Gasteiger partial charge on any atom is -0.461 e. The molecule has 4 atom stereocenters. The number of rotatable bonds is 4. The van der Waals surface area contributed by atoms with Gasteiger partial charge in [0, 0.05) is 32.3 Å². The maximum atomic E-state index is 14.9. The Morgan fingerprint density at radius 2 is 2.19 bits per heavy atom. The van der Waals surface area contributed by atoms with Crippen molar-refractivity contribution in [1.29, 1.82) is 0 Å². The number of fused-ring (bicyclic) bond motifs is 3. The number of ether oxygens (including phenoxy) is 2. The molecule has 6 rings (SSSR count). The van der Waals surface area contributed by atoms with E-state index in [1.807, 2.05) is 0 Å². The molecular weight excluding hydrogens is 428 g/mol. The number of hydrogen-bond donors (Lipinski definition) is 0. The van der Waals surface area contributed by atoms with Crippen LogP contribution < -0.4 is 9.64 Å². The van der Waals surface area contributed by atoms with Gasteiger partial charge in [0.15, 0.2) is 11.0 Å². The van der Waals surface area contributed by atoms with Gasteiger partial charge < -0.3 is 14.4 Å². The van der Waals surface area contributed by atoms with E-state index in [4.69, 9.17) is 21.1 Å². The smallest absolute Gasteiger partial charge is 0.319 e. The van der Waals surface area contributed by atoms with Crippen molar-refractivity contribution in [2.24, 2.45) is 0 Å². The van der Waals surface area contributed by atoms with Crippen LogP contribution in [0.4, 0.5) is 14.6 Å². The Hall–Kier alpha value is -1.84. The molecule has 166 valence electrons. The predicted molar refractivity (Wildman–Crippen MR) is 111 cm³/mol. The molecule has 2 aromatic rings. The highest BCUT2D eigenvalue weighted by Crippen LogP contribution is 2.42. The van der Waals surface area contributed by atoms with Gasteiger partial charge in [-0.15, -0.1) is 0 Å². The first-order valence-corrected chi connectivity index (χ1v) is 11.3. The van der Waals surface area contributed by atoms with Crippen molar-refractivity contribution in [3.05, 3.63) is 17.2 Å². The largest absolute Gasteiger partial charge is 0.461 e. The molecule has 7 nitrogen and oxygen atoms in total. The van der Waals surface area contributed by atoms with Crippen molar-refractivity contribution in [1.82, 2.24) is 19.9 Å². The van der Waals surface area contributed by atoms with Gasteiger partial charge >= 0.3 is 6.01 Å². The summed E-state index contributed by atoms with van der Waals surface area (Å²) in [5, 5.41) is 0.273. The molecule has 4 aliphatic rings. The Labute approximate surface area is 183 Å². The summed E-state index contributed by atoms with van der Waals surface area (Å²) >= 11 is 5.94. The van der Waals surface area contributed by atoms with Gasteiger partial charge in [0.25, 0.3) is 0 Å². The molecule has 0 spiro atoms. The van der Waals surface area contributed by atoms with Crippen LogP contribution in [-0.2, 0) is 4.74 Å². The Bertz CT molecular complexity index is 1030. The van der Waals surface area contributed by atoms with E-state index in [0.29, 0.717) is 30.8 Å². The maximum Gasteiger partial charge on any atom is 0.319 e. The van der Waals surface area contributed by atoms with E-state index in [2.05, 4.69) is 24.8 Å². The monoisotopic (exact) mass is 451 g/mol. The number of aromatic nitrogens is 3. The predicted octanol–water partition coefficient (Wildman–Crippen LogP) is 3.14. The Kier molecular flexibility index (Phi) is 4.70. The standard InChI is InChI=1S/C21H24ClF2N5O2/c22-18-16(24)17-13(9-25-18)19(29-5-2-6-30-15-7-14(15)29)27-20(26-17)31-11-21-3-1-4-28(21)10-12(23)8-21/h9,12,14-15H,1-8,10-11H2/t12-,14-,15+,21+/m1/s1. The van der Waals surface area contributed by atoms with Gasteiger partial charge in [-0.1, -0.05) is 11.6 Å². The molecular formula is C21H24ClF2N5O2. The summed E-state index contributed by atoms with van der Waals surface area (Å²) in [6.45, 7) is 3.05. The number of nitrogens with zero attached hydrogens (tertiary/aromatic N) is 5. The molecule has 4 fully saturated rings. The van der Waals surface area contributed by atoms with Crippen molar-refractivity contribution in [2.45, 2.75) is 56.0 Å². The third kappa shape index (κ3) is 3.32. The Balaban J connectivity index is 1.37. The van der Waals surface area contributed by atoms with E-state index in [1.165, 1.54) is 6.20 Å². The molecule has 0 N–H and O–H groups in total. The summed E-state index contributed by atoms with van der Waals surface area (Å²) in [6.07, 6.45) is 4.97. The van der Waals surface area contributed by atoms with E-state index in [1.54, 1.807) is 0 Å². The molecule has 0 unspecified atom stereocenters. The normalized spacial score (nSPS) is 32.7. The molecule has 10 heteroatoms. The molecule has 3 aliphatic heterocycles. The van der Waals surface area contributed by atoms with Crippen LogP contribution in [0.25, 0.3) is 10.9 Å². The van der Waals surface area contributed by atoms with Crippen LogP contribution in [0.5, 0.6) is 6.01 Å². The number of alkyl halides is 1. The maximum absolute atomic E-state index is 14.9. The number of anilines is 1. The van der Waals surface area contributed by atoms with Gasteiger partial charge in [0.2, 0.25) is 0 Å². The van der Waals surface area contributed by atoms with Crippen LogP contribution in [0, 0.1) is 5.82 Å². The molecule has 2 aromatic heterocycles. The lowest BCUT2D eigenvalue weighted by atomic mass is 9.95. The fraction of sp³-hybridized carbons (Fsp3) is 0.667. The SMILES string of the molecule is Fc1c(Cl)ncc2c(N3CCCO[C@H]4C[C@H]43)nc(OC[C@@]34CCCN3C[C@H](F)C4)nc12. The van der Waals surface area contributed by atoms with E-state index < -0.39 is 12.0 Å². The van der Waals surface area contributed by atoms with Crippen LogP contribution >= 0.6 is 11.6 Å². The third-order valence-electron chi connectivity index (χ3n) is 7.08. The average Bonchev–Trinajstić information content (AvgIpc) is 3.36. The van der Waals surface area contributed by atoms with Crippen LogP contribution in [0.3, 0.4) is 0 Å². The third-order valence-corrected chi connectivity index (χ3v) is 7.34. The lowest BCUT2D eigenvalue weighted by molar-refractivity contribution is 0.107. The molecule has 1 aliphatic carbocycles. The zero-order chi connectivity index (χ0) is 21.2. The lowest BCUT2D eigenvalue weighted by Crippen LogP contribution is -2.43. The van der Waals surface area contributed by atoms with Crippen LogP contribution in [-0.4, -0.2) is 76.6 Å². The van der Waals surface area contributed by atoms with Crippen molar-refractivity contribution < 1.29 is 18.3 Å². The summed E-state index contributed by atoms with van der Waals surface area (Å²) < 4.78 is 40.8. The summed E-state index contributed by atoms with van der Waals surface area (Å²) in [7, 11) is 0. The van der Waals surface area contributed by atoms with Gasteiger partial charge in [0.05, 0.1) is 23.1 Å². The topological polar surface area (TPSA) is 63.6 Å². The minimum atomic E-state index is -0.844. The zero-order valence-corrected chi connectivity index (χ0v) is 17.8. The van der Waals surface area contributed by atoms with Crippen LogP contribution in [0.1, 0.15) is 32.1 Å². The van der Waals surface area contributed by atoms with E-state index in [0.717, 1.165) is 38.8 Å². The van der Waals surface area contributed by atoms with Crippen molar-refractivity contribution >= 4 is 28.3 Å². The molecule has 0 aromatic carbocycles. The number of pyridine rings is 1. The highest BCUT2D eigenvalue weighted by Gasteiger charge is 2.49. The van der Waals surface area contributed by atoms with Crippen molar-refractivity contribution in [3.8, 4) is 6.01 Å². The molecule has 3 saturated heterocycles. The van der Waals surface area contributed by atoms with E-state index in [-0.39, 0.29) is 41.0 Å². The fourth-order valence-electron chi connectivity index (χ4n) is 5.50. The van der Waals surface area contributed by atoms with Gasteiger partial charge in [-0.25, -0.2) is 13.8 Å². The highest BCUT2D eigenvalue weighted by atomic mass is 35.5. The number of halogens is 3. The molecule has 31 heavy (non-hydrogen) atoms. The van der Waals surface area contributed by atoms with Gasteiger partial charge in [-0.2, -0.15) is 9.97 Å². The quantitative estimate of drug-likeness (QED) is 0.662. The summed E-state index contributed by atoms with van der Waals surface area (Å²) in [6, 6.07) is 0.299. The second kappa shape index (κ2) is 7.35. The fourth-order valence-corrected chi connectivity index (χ4v) is 5.63. The summed E-state index contributed by atoms with van der Waals surface area (Å²) in [5.41, 5.74) is -0.234.